The van der Waals surface area contributed by atoms with Gasteiger partial charge in [-0.15, -0.1) is 0 Å². The molecular weight excluding hydrogens is 462 g/mol. The first-order valence-electron chi connectivity index (χ1n) is 12.5. The first kappa shape index (κ1) is 29.9. The van der Waals surface area contributed by atoms with Crippen LogP contribution in [0.25, 0.3) is 0 Å². The summed E-state index contributed by atoms with van der Waals surface area (Å²) in [6, 6.07) is -0.443. The third kappa shape index (κ3) is 7.82. The average Bonchev–Trinajstić information content (AvgIpc) is 2.81. The van der Waals surface area contributed by atoms with Gasteiger partial charge < -0.3 is 45.1 Å². The van der Waals surface area contributed by atoms with Crippen LogP contribution in [0, 0.1) is 35.5 Å². The Morgan fingerprint density at radius 3 is 1.97 bits per heavy atom. The molecule has 4 unspecified atom stereocenters. The number of aliphatic hydroxyl groups excluding tert-OH is 4. The van der Waals surface area contributed by atoms with E-state index >= 15 is 0 Å². The van der Waals surface area contributed by atoms with Crippen molar-refractivity contribution < 1.29 is 49.3 Å². The number of hydrogen-bond acceptors (Lipinski definition) is 9. The fourth-order valence-corrected chi connectivity index (χ4v) is 5.56. The molecule has 11 heteroatoms. The monoisotopic (exact) mass is 505 g/mol. The van der Waals surface area contributed by atoms with Crippen LogP contribution in [0.15, 0.2) is 0 Å². The molecule has 204 valence electrons. The van der Waals surface area contributed by atoms with Crippen LogP contribution in [0.2, 0.25) is 0 Å². The summed E-state index contributed by atoms with van der Waals surface area (Å²) in [5, 5.41) is 54.5. The van der Waals surface area contributed by atoms with Gasteiger partial charge in [0.2, 0.25) is 5.91 Å². The van der Waals surface area contributed by atoms with Crippen molar-refractivity contribution in [3.63, 3.8) is 0 Å². The van der Waals surface area contributed by atoms with Gasteiger partial charge in [0.05, 0.1) is 50.7 Å². The molecule has 0 radical (unpaired) electrons. The van der Waals surface area contributed by atoms with Crippen molar-refractivity contribution in [2.75, 3.05) is 46.2 Å². The number of nitrogens with one attached hydrogen (secondary N) is 1. The van der Waals surface area contributed by atoms with Crippen LogP contribution >= 0.6 is 0 Å². The van der Waals surface area contributed by atoms with Crippen molar-refractivity contribution in [3.05, 3.63) is 0 Å². The van der Waals surface area contributed by atoms with Gasteiger partial charge in [0.15, 0.2) is 0 Å². The van der Waals surface area contributed by atoms with Crippen LogP contribution in [0.4, 0.5) is 0 Å². The Morgan fingerprint density at radius 1 is 0.800 bits per heavy atom. The molecule has 0 aromatic carbocycles. The second kappa shape index (κ2) is 14.4. The van der Waals surface area contributed by atoms with Gasteiger partial charge in [-0.3, -0.25) is 9.59 Å². The van der Waals surface area contributed by atoms with Gasteiger partial charge in [-0.05, 0) is 26.7 Å². The second-order valence-electron chi connectivity index (χ2n) is 9.76. The molecule has 0 aromatic rings. The minimum atomic E-state index is -1.27. The van der Waals surface area contributed by atoms with E-state index < -0.39 is 59.9 Å². The number of carboxylic acids is 1. The Labute approximate surface area is 206 Å². The molecule has 0 aliphatic heterocycles. The van der Waals surface area contributed by atoms with Gasteiger partial charge in [0.1, 0.15) is 0 Å². The van der Waals surface area contributed by atoms with Crippen molar-refractivity contribution in [1.82, 2.24) is 5.32 Å². The number of aliphatic hydroxyl groups is 4. The van der Waals surface area contributed by atoms with Gasteiger partial charge in [-0.2, -0.15) is 0 Å². The lowest BCUT2D eigenvalue weighted by atomic mass is 9.70. The first-order chi connectivity index (χ1) is 16.7. The topological polar surface area (TPSA) is 175 Å². The van der Waals surface area contributed by atoms with Gasteiger partial charge in [-0.1, -0.05) is 0 Å². The Kier molecular flexibility index (Phi) is 12.3. The highest BCUT2D eigenvalue weighted by Crippen LogP contribution is 2.37. The van der Waals surface area contributed by atoms with E-state index in [0.29, 0.717) is 26.2 Å². The molecule has 2 fully saturated rings. The number of hydrogen-bond donors (Lipinski definition) is 6. The molecule has 10 atom stereocenters. The lowest BCUT2D eigenvalue weighted by molar-refractivity contribution is -0.167. The van der Waals surface area contributed by atoms with Crippen molar-refractivity contribution in [1.29, 1.82) is 0 Å². The molecular formula is C24H43NO10. The Hall–Kier alpha value is -1.34. The Bertz CT molecular complexity index is 664. The van der Waals surface area contributed by atoms with Gasteiger partial charge in [0, 0.05) is 62.4 Å². The number of carbonyl (C=O) groups excluding carboxylic acids is 1. The normalized spacial score (nSPS) is 37.7. The number of ether oxygens (including phenoxy) is 3. The molecule has 0 spiro atoms. The van der Waals surface area contributed by atoms with Gasteiger partial charge in [0.25, 0.3) is 0 Å². The van der Waals surface area contributed by atoms with Crippen LogP contribution in [0.3, 0.4) is 0 Å². The Balaban J connectivity index is 2.09. The van der Waals surface area contributed by atoms with Crippen molar-refractivity contribution >= 4 is 11.9 Å². The van der Waals surface area contributed by atoms with Crippen LogP contribution in [-0.2, 0) is 23.8 Å². The maximum atomic E-state index is 11.9. The number of carbonyl (C=O) groups is 2. The molecule has 35 heavy (non-hydrogen) atoms. The van der Waals surface area contributed by atoms with E-state index in [4.69, 9.17) is 14.2 Å². The SMILES string of the molecule is CCOC[C@@H]1CC(CO)[C@@H](O)[C@@H](COC[C@@H]2CC(C(=O)O)[C@@H](COCC)[C@@H](O)C2O)C1NC(C)=O. The van der Waals surface area contributed by atoms with E-state index in [2.05, 4.69) is 5.32 Å². The van der Waals surface area contributed by atoms with Crippen LogP contribution < -0.4 is 5.32 Å². The van der Waals surface area contributed by atoms with E-state index in [1.165, 1.54) is 6.92 Å². The zero-order valence-electron chi connectivity index (χ0n) is 20.9. The summed E-state index contributed by atoms with van der Waals surface area (Å²) in [6.07, 6.45) is -2.80. The quantitative estimate of drug-likeness (QED) is 0.187. The minimum absolute atomic E-state index is 0.0185. The molecule has 0 saturated heterocycles. The molecule has 2 aliphatic rings. The molecule has 6 N–H and O–H groups in total. The molecule has 0 bridgehead atoms. The lowest BCUT2D eigenvalue weighted by Gasteiger charge is -2.45. The summed E-state index contributed by atoms with van der Waals surface area (Å²) in [5.74, 6) is -4.65. The third-order valence-corrected chi connectivity index (χ3v) is 7.46. The fraction of sp³-hybridized carbons (Fsp3) is 0.917. The summed E-state index contributed by atoms with van der Waals surface area (Å²) in [6.45, 7) is 6.06. The minimum Gasteiger partial charge on any atom is -0.481 e. The van der Waals surface area contributed by atoms with Crippen molar-refractivity contribution in [2.24, 2.45) is 35.5 Å². The summed E-state index contributed by atoms with van der Waals surface area (Å²) in [5.41, 5.74) is 0. The maximum Gasteiger partial charge on any atom is 0.306 e. The van der Waals surface area contributed by atoms with Crippen LogP contribution in [0.1, 0.15) is 33.6 Å². The number of carboxylic acid groups (broad SMARTS) is 1. The highest BCUT2D eigenvalue weighted by molar-refractivity contribution is 5.73. The molecule has 11 nitrogen and oxygen atoms in total. The smallest absolute Gasteiger partial charge is 0.306 e. The zero-order valence-corrected chi connectivity index (χ0v) is 20.9. The van der Waals surface area contributed by atoms with Crippen LogP contribution in [-0.4, -0.2) is 108 Å². The summed E-state index contributed by atoms with van der Waals surface area (Å²) in [4.78, 5) is 23.7. The standard InChI is InChI=1S/C24H43NO10/c1-4-33-9-15-6-14(8-26)21(28)19(20(15)25-13(3)27)12-35-10-16-7-17(24(31)32)18(11-34-5-2)23(30)22(16)29/h14-23,26,28-30H,4-12H2,1-3H3,(H,25,27)(H,31,32)/t14?,15-,16-,17?,18+,19-,20?,21+,22?,23+/m0/s1. The first-order valence-corrected chi connectivity index (χ1v) is 12.5. The van der Waals surface area contributed by atoms with E-state index in [9.17, 15) is 35.1 Å². The number of rotatable bonds is 13. The maximum absolute atomic E-state index is 11.9. The summed E-state index contributed by atoms with van der Waals surface area (Å²) >= 11 is 0. The third-order valence-electron chi connectivity index (χ3n) is 7.46. The van der Waals surface area contributed by atoms with E-state index in [0.717, 1.165) is 0 Å². The summed E-state index contributed by atoms with van der Waals surface area (Å²) < 4.78 is 16.8. The number of aliphatic carboxylic acids is 1. The molecule has 1 amide bonds. The van der Waals surface area contributed by atoms with Crippen LogP contribution in [0.5, 0.6) is 0 Å². The highest BCUT2D eigenvalue weighted by atomic mass is 16.5. The average molecular weight is 506 g/mol. The lowest BCUT2D eigenvalue weighted by Crippen LogP contribution is -2.58. The molecule has 2 aliphatic carbocycles. The molecule has 2 rings (SSSR count). The molecule has 0 heterocycles. The van der Waals surface area contributed by atoms with Gasteiger partial charge in [-0.25, -0.2) is 0 Å². The highest BCUT2D eigenvalue weighted by Gasteiger charge is 2.47. The number of amides is 1. The molecule has 2 saturated carbocycles. The predicted octanol–water partition coefficient (Wildman–Crippen LogP) is -0.755. The van der Waals surface area contributed by atoms with Crippen molar-refractivity contribution in [3.8, 4) is 0 Å². The van der Waals surface area contributed by atoms with E-state index in [-0.39, 0.29) is 44.7 Å². The fourth-order valence-electron chi connectivity index (χ4n) is 5.56. The molecule has 0 aromatic heterocycles. The zero-order chi connectivity index (χ0) is 26.1. The second-order valence-corrected chi connectivity index (χ2v) is 9.76. The predicted molar refractivity (Wildman–Crippen MR) is 124 cm³/mol. The van der Waals surface area contributed by atoms with E-state index in [1.807, 2.05) is 6.92 Å². The summed E-state index contributed by atoms with van der Waals surface area (Å²) in [7, 11) is 0. The van der Waals surface area contributed by atoms with Crippen molar-refractivity contribution in [2.45, 2.75) is 58.0 Å². The van der Waals surface area contributed by atoms with Gasteiger partial charge >= 0.3 is 5.97 Å². The largest absolute Gasteiger partial charge is 0.481 e. The van der Waals surface area contributed by atoms with E-state index in [1.54, 1.807) is 6.92 Å². The Morgan fingerprint density at radius 2 is 1.40 bits per heavy atom.